The van der Waals surface area contributed by atoms with E-state index in [0.29, 0.717) is 0 Å². The first-order valence-electron chi connectivity index (χ1n) is 0.200. The fraction of sp³-hybridized carbons (Fsp3) is 0. The minimum absolute atomic E-state index is 0. The van der Waals surface area contributed by atoms with Crippen molar-refractivity contribution in [1.29, 1.82) is 0 Å². The molecule has 0 rings (SSSR count). The maximum atomic E-state index is 6.00. The molecule has 0 fully saturated rings. The van der Waals surface area contributed by atoms with Crippen LogP contribution in [0.2, 0.25) is 0 Å². The SMILES string of the molecule is OO.[CaH2].[CaH2]. The summed E-state index contributed by atoms with van der Waals surface area (Å²) in [5.74, 6) is 0. The van der Waals surface area contributed by atoms with Crippen LogP contribution >= 0.6 is 0 Å². The van der Waals surface area contributed by atoms with Crippen LogP contribution in [0.5, 0.6) is 0 Å². The van der Waals surface area contributed by atoms with Gasteiger partial charge in [-0.25, -0.2) is 0 Å². The molecule has 0 aliphatic heterocycles. The molecule has 0 aromatic rings. The molecular formula is H6Ca2O2. The van der Waals surface area contributed by atoms with E-state index >= 15 is 0 Å². The molecule has 0 unspecified atom stereocenters. The summed E-state index contributed by atoms with van der Waals surface area (Å²) in [5.41, 5.74) is 0. The molecule has 0 radical (unpaired) electrons. The molecule has 0 aromatic carbocycles. The van der Waals surface area contributed by atoms with Crippen molar-refractivity contribution in [3.63, 3.8) is 0 Å². The second kappa shape index (κ2) is 18.0. The summed E-state index contributed by atoms with van der Waals surface area (Å²) in [6.07, 6.45) is 0. The van der Waals surface area contributed by atoms with Crippen molar-refractivity contribution < 1.29 is 10.5 Å². The van der Waals surface area contributed by atoms with Gasteiger partial charge >= 0.3 is 75.5 Å². The fourth-order valence-electron chi connectivity index (χ4n) is 0. The van der Waals surface area contributed by atoms with Crippen molar-refractivity contribution in [2.24, 2.45) is 0 Å². The van der Waals surface area contributed by atoms with Crippen LogP contribution in [0.3, 0.4) is 0 Å². The van der Waals surface area contributed by atoms with Gasteiger partial charge in [-0.1, -0.05) is 0 Å². The second-order valence-electron chi connectivity index (χ2n) is 0. The molecule has 4 heavy (non-hydrogen) atoms. The van der Waals surface area contributed by atoms with E-state index in [4.69, 9.17) is 10.5 Å². The van der Waals surface area contributed by atoms with Gasteiger partial charge in [0.05, 0.1) is 0 Å². The van der Waals surface area contributed by atoms with E-state index in [-0.39, 0.29) is 75.5 Å². The standard InChI is InChI=1S/2Ca.H2O2.4H/c;;1-2;;;;/h;;1-2H;;;;. The molecule has 2 nitrogen and oxygen atoms in total. The molecule has 0 aliphatic carbocycles. The van der Waals surface area contributed by atoms with Gasteiger partial charge in [-0.3, -0.25) is 10.5 Å². The molecule has 4 heteroatoms. The van der Waals surface area contributed by atoms with Crippen LogP contribution in [-0.2, 0) is 0 Å². The van der Waals surface area contributed by atoms with Crippen molar-refractivity contribution in [3.8, 4) is 0 Å². The molecule has 0 saturated heterocycles. The molecule has 0 amide bonds. The van der Waals surface area contributed by atoms with Crippen LogP contribution < -0.4 is 0 Å². The maximum absolute atomic E-state index is 6.00. The number of hydrogen-bond donors (Lipinski definition) is 2. The van der Waals surface area contributed by atoms with Crippen LogP contribution in [0, 0.1) is 0 Å². The molecule has 0 aromatic heterocycles. The predicted molar refractivity (Wildman–Crippen MR) is 22.3 cm³/mol. The van der Waals surface area contributed by atoms with Crippen molar-refractivity contribution in [2.45, 2.75) is 0 Å². The zero-order valence-electron chi connectivity index (χ0n) is 0.894. The van der Waals surface area contributed by atoms with Gasteiger partial charge in [0.25, 0.3) is 0 Å². The Bertz CT molecular complexity index is 4.00. The third-order valence-electron chi connectivity index (χ3n) is 0. The van der Waals surface area contributed by atoms with E-state index in [2.05, 4.69) is 0 Å². The van der Waals surface area contributed by atoms with Gasteiger partial charge in [0.1, 0.15) is 0 Å². The Morgan fingerprint density at radius 2 is 0.750 bits per heavy atom. The van der Waals surface area contributed by atoms with Crippen LogP contribution in [0.25, 0.3) is 0 Å². The van der Waals surface area contributed by atoms with Crippen molar-refractivity contribution >= 4 is 75.5 Å². The van der Waals surface area contributed by atoms with Crippen molar-refractivity contribution in [2.75, 3.05) is 0 Å². The van der Waals surface area contributed by atoms with Gasteiger partial charge in [-0.05, 0) is 0 Å². The third kappa shape index (κ3) is 8.83. The second-order valence-corrected chi connectivity index (χ2v) is 0. The summed E-state index contributed by atoms with van der Waals surface area (Å²) in [4.78, 5) is 0. The van der Waals surface area contributed by atoms with Crippen molar-refractivity contribution in [1.82, 2.24) is 0 Å². The van der Waals surface area contributed by atoms with E-state index in [1.165, 1.54) is 0 Å². The molecule has 2 N–H and O–H groups in total. The average Bonchev–Trinajstić information content (AvgIpc) is 1.00. The van der Waals surface area contributed by atoms with Gasteiger partial charge in [0.15, 0.2) is 0 Å². The Morgan fingerprint density at radius 1 is 0.750 bits per heavy atom. The zero-order chi connectivity index (χ0) is 2.00. The van der Waals surface area contributed by atoms with E-state index in [9.17, 15) is 0 Å². The van der Waals surface area contributed by atoms with Gasteiger partial charge in [-0.2, -0.15) is 0 Å². The first kappa shape index (κ1) is 16.1. The average molecular weight is 118 g/mol. The fourth-order valence-corrected chi connectivity index (χ4v) is 0. The van der Waals surface area contributed by atoms with E-state index < -0.39 is 0 Å². The topological polar surface area (TPSA) is 40.5 Å². The molecule has 0 aliphatic rings. The van der Waals surface area contributed by atoms with Gasteiger partial charge in [0, 0.05) is 0 Å². The van der Waals surface area contributed by atoms with Crippen molar-refractivity contribution in [3.05, 3.63) is 0 Å². The quantitative estimate of drug-likeness (QED) is 0.223. The third-order valence-corrected chi connectivity index (χ3v) is 0. The molecule has 22 valence electrons. The summed E-state index contributed by atoms with van der Waals surface area (Å²) < 4.78 is 0. The van der Waals surface area contributed by atoms with E-state index in [1.54, 1.807) is 0 Å². The molecule has 0 spiro atoms. The Kier molecular flexibility index (Phi) is 72.5. The van der Waals surface area contributed by atoms with E-state index in [0.717, 1.165) is 0 Å². The molecule has 0 heterocycles. The molecular weight excluding hydrogens is 112 g/mol. The van der Waals surface area contributed by atoms with Gasteiger partial charge < -0.3 is 0 Å². The summed E-state index contributed by atoms with van der Waals surface area (Å²) in [7, 11) is 0. The Hall–Kier alpha value is 2.44. The van der Waals surface area contributed by atoms with Crippen LogP contribution in [0.15, 0.2) is 0 Å². The molecule has 0 bridgehead atoms. The summed E-state index contributed by atoms with van der Waals surface area (Å²) >= 11 is 0. The Morgan fingerprint density at radius 3 is 0.750 bits per heavy atom. The normalized spacial score (nSPS) is 1.50. The molecule has 0 atom stereocenters. The van der Waals surface area contributed by atoms with Crippen LogP contribution in [0.1, 0.15) is 0 Å². The first-order chi connectivity index (χ1) is 1.00. The zero-order valence-corrected chi connectivity index (χ0v) is 0.894. The number of hydrogen-bond acceptors (Lipinski definition) is 2. The summed E-state index contributed by atoms with van der Waals surface area (Å²) in [5, 5.41) is 12.0. The Balaban J connectivity index is -0.00000000500. The van der Waals surface area contributed by atoms with Gasteiger partial charge in [-0.15, -0.1) is 0 Å². The first-order valence-corrected chi connectivity index (χ1v) is 0.200. The van der Waals surface area contributed by atoms with E-state index in [1.807, 2.05) is 0 Å². The van der Waals surface area contributed by atoms with Gasteiger partial charge in [0.2, 0.25) is 0 Å². The monoisotopic (exact) mass is 118 g/mol. The Labute approximate surface area is 84.1 Å². The van der Waals surface area contributed by atoms with Crippen LogP contribution in [0.4, 0.5) is 0 Å². The summed E-state index contributed by atoms with van der Waals surface area (Å²) in [6.45, 7) is 0. The van der Waals surface area contributed by atoms with Crippen LogP contribution in [-0.4, -0.2) is 86.0 Å². The predicted octanol–water partition coefficient (Wildman–Crippen LogP) is -1.82. The minimum atomic E-state index is 0. The number of rotatable bonds is 0. The molecule has 0 saturated carbocycles. The summed E-state index contributed by atoms with van der Waals surface area (Å²) in [6, 6.07) is 0.